The molecule has 0 saturated heterocycles. The van der Waals surface area contributed by atoms with Crippen molar-refractivity contribution in [3.8, 4) is 0 Å². The zero-order valence-electron chi connectivity index (χ0n) is 23.7. The number of aryl methyl sites for hydroxylation is 2. The minimum Gasteiger partial charge on any atom is -0.0622 e. The summed E-state index contributed by atoms with van der Waals surface area (Å²) in [4.78, 5) is 0. The molecular formula is C38H48. The van der Waals surface area contributed by atoms with Crippen molar-refractivity contribution in [2.24, 2.45) is 23.7 Å². The molecule has 38 heavy (non-hydrogen) atoms. The number of fused-ring (bicyclic) bond motifs is 1. The van der Waals surface area contributed by atoms with E-state index in [9.17, 15) is 0 Å². The molecule has 0 aliphatic heterocycles. The van der Waals surface area contributed by atoms with E-state index in [0.29, 0.717) is 5.92 Å². The molecule has 0 radical (unpaired) electrons. The van der Waals surface area contributed by atoms with Crippen molar-refractivity contribution in [2.75, 3.05) is 0 Å². The molecule has 3 aromatic rings. The Labute approximate surface area is 232 Å². The van der Waals surface area contributed by atoms with Gasteiger partial charge >= 0.3 is 0 Å². The minimum absolute atomic E-state index is 0.651. The molecule has 2 saturated carbocycles. The first-order valence-corrected chi connectivity index (χ1v) is 16.0. The predicted octanol–water partition coefficient (Wildman–Crippen LogP) is 9.92. The monoisotopic (exact) mass is 504 g/mol. The van der Waals surface area contributed by atoms with Crippen LogP contribution in [0.1, 0.15) is 104 Å². The van der Waals surface area contributed by atoms with Crippen molar-refractivity contribution in [1.29, 1.82) is 0 Å². The lowest BCUT2D eigenvalue weighted by atomic mass is 9.76. The van der Waals surface area contributed by atoms with Crippen LogP contribution in [-0.4, -0.2) is 0 Å². The molecule has 200 valence electrons. The Morgan fingerprint density at radius 2 is 1.47 bits per heavy atom. The summed E-state index contributed by atoms with van der Waals surface area (Å²) in [6.07, 6.45) is 19.3. The molecule has 0 aromatic heterocycles. The van der Waals surface area contributed by atoms with Crippen LogP contribution in [-0.2, 0) is 32.1 Å². The molecule has 4 unspecified atom stereocenters. The molecule has 3 aliphatic rings. The Balaban J connectivity index is 1.08. The van der Waals surface area contributed by atoms with Gasteiger partial charge in [0, 0.05) is 0 Å². The van der Waals surface area contributed by atoms with Crippen LogP contribution in [0.5, 0.6) is 0 Å². The number of benzene rings is 3. The predicted molar refractivity (Wildman–Crippen MR) is 162 cm³/mol. The van der Waals surface area contributed by atoms with Gasteiger partial charge in [0.05, 0.1) is 0 Å². The Morgan fingerprint density at radius 3 is 2.34 bits per heavy atom. The highest BCUT2D eigenvalue weighted by Crippen LogP contribution is 2.47. The average Bonchev–Trinajstić information content (AvgIpc) is 3.59. The molecule has 0 heteroatoms. The van der Waals surface area contributed by atoms with Crippen LogP contribution in [0, 0.1) is 23.7 Å². The molecule has 6 rings (SSSR count). The van der Waals surface area contributed by atoms with Crippen LogP contribution in [0.15, 0.2) is 72.8 Å². The molecular weight excluding hydrogens is 456 g/mol. The molecule has 2 fully saturated rings. The van der Waals surface area contributed by atoms with E-state index in [1.54, 1.807) is 27.8 Å². The van der Waals surface area contributed by atoms with Gasteiger partial charge in [-0.1, -0.05) is 125 Å². The smallest absolute Gasteiger partial charge is 0.0185 e. The molecule has 0 bridgehead atoms. The summed E-state index contributed by atoms with van der Waals surface area (Å²) in [5, 5.41) is 0. The second-order valence-electron chi connectivity index (χ2n) is 13.2. The quantitative estimate of drug-likeness (QED) is 0.272. The first kappa shape index (κ1) is 25.9. The zero-order valence-corrected chi connectivity index (χ0v) is 23.7. The average molecular weight is 505 g/mol. The topological polar surface area (TPSA) is 0 Å². The summed E-state index contributed by atoms with van der Waals surface area (Å²) in [5.41, 5.74) is 9.63. The fraction of sp³-hybridized carbons (Fsp3) is 0.526. The fourth-order valence-corrected chi connectivity index (χ4v) is 8.59. The second kappa shape index (κ2) is 12.2. The van der Waals surface area contributed by atoms with Crippen LogP contribution >= 0.6 is 0 Å². The van der Waals surface area contributed by atoms with Gasteiger partial charge in [0.25, 0.3) is 0 Å². The van der Waals surface area contributed by atoms with Crippen LogP contribution in [0.25, 0.3) is 0 Å². The maximum atomic E-state index is 2.62. The Morgan fingerprint density at radius 1 is 0.684 bits per heavy atom. The maximum Gasteiger partial charge on any atom is -0.0185 e. The van der Waals surface area contributed by atoms with Crippen molar-refractivity contribution in [3.05, 3.63) is 106 Å². The summed E-state index contributed by atoms with van der Waals surface area (Å²) < 4.78 is 0. The Bertz CT molecular complexity index is 1170. The van der Waals surface area contributed by atoms with Crippen molar-refractivity contribution in [3.63, 3.8) is 0 Å². The third-order valence-electron chi connectivity index (χ3n) is 10.6. The number of rotatable bonds is 9. The van der Waals surface area contributed by atoms with Gasteiger partial charge in [-0.2, -0.15) is 0 Å². The standard InChI is InChI=1S/C38H48/c1-28(37-17-9-8-15-32(37)21-19-29-11-4-2-5-12-29)23-34-16-10-18-38(34)36-26-33-22-20-31(25-35(33)27-36)24-30-13-6-3-7-14-30/h2,4-5,8-9,11-12,15,17,20,22,25,28,30,34,36,38H,3,6-7,10,13-14,16,18-19,21,23-24,26-27H2,1H3. The highest BCUT2D eigenvalue weighted by atomic mass is 14.4. The lowest BCUT2D eigenvalue weighted by Crippen LogP contribution is -2.21. The van der Waals surface area contributed by atoms with E-state index < -0.39 is 0 Å². The molecule has 3 aliphatic carbocycles. The van der Waals surface area contributed by atoms with Crippen LogP contribution < -0.4 is 0 Å². The molecule has 0 amide bonds. The SMILES string of the molecule is CC(CC1CCCC1C1Cc2ccc(CC3CCCCC3)cc2C1)c1ccccc1CCc1ccccc1. The van der Waals surface area contributed by atoms with E-state index in [4.69, 9.17) is 0 Å². The molecule has 0 heterocycles. The van der Waals surface area contributed by atoms with Gasteiger partial charge in [-0.05, 0) is 108 Å². The Kier molecular flexibility index (Phi) is 8.34. The van der Waals surface area contributed by atoms with E-state index in [2.05, 4.69) is 79.7 Å². The van der Waals surface area contributed by atoms with Crippen LogP contribution in [0.3, 0.4) is 0 Å². The number of hydrogen-bond donors (Lipinski definition) is 0. The largest absolute Gasteiger partial charge is 0.0622 e. The van der Waals surface area contributed by atoms with Crippen molar-refractivity contribution >= 4 is 0 Å². The first-order valence-electron chi connectivity index (χ1n) is 16.0. The van der Waals surface area contributed by atoms with Gasteiger partial charge in [0.1, 0.15) is 0 Å². The summed E-state index contributed by atoms with van der Waals surface area (Å²) in [5.74, 6) is 4.29. The van der Waals surface area contributed by atoms with Crippen molar-refractivity contribution in [2.45, 2.75) is 103 Å². The fourth-order valence-electron chi connectivity index (χ4n) is 8.59. The van der Waals surface area contributed by atoms with Crippen molar-refractivity contribution < 1.29 is 0 Å². The molecule has 0 nitrogen and oxygen atoms in total. The van der Waals surface area contributed by atoms with E-state index in [0.717, 1.165) is 36.5 Å². The number of hydrogen-bond acceptors (Lipinski definition) is 0. The molecule has 4 atom stereocenters. The summed E-state index contributed by atoms with van der Waals surface area (Å²) >= 11 is 0. The normalized spacial score (nSPS) is 24.4. The maximum absolute atomic E-state index is 2.62. The minimum atomic E-state index is 0.651. The van der Waals surface area contributed by atoms with E-state index >= 15 is 0 Å². The summed E-state index contributed by atoms with van der Waals surface area (Å²) in [6, 6.07) is 28.0. The molecule has 0 N–H and O–H groups in total. The van der Waals surface area contributed by atoms with E-state index in [-0.39, 0.29) is 0 Å². The summed E-state index contributed by atoms with van der Waals surface area (Å²) in [7, 11) is 0. The second-order valence-corrected chi connectivity index (χ2v) is 13.2. The zero-order chi connectivity index (χ0) is 25.7. The lowest BCUT2D eigenvalue weighted by Gasteiger charge is -2.28. The first-order chi connectivity index (χ1) is 18.7. The van der Waals surface area contributed by atoms with Gasteiger partial charge in [-0.25, -0.2) is 0 Å². The van der Waals surface area contributed by atoms with E-state index in [1.165, 1.54) is 82.6 Å². The van der Waals surface area contributed by atoms with Gasteiger partial charge in [-0.3, -0.25) is 0 Å². The third-order valence-corrected chi connectivity index (χ3v) is 10.6. The highest BCUT2D eigenvalue weighted by Gasteiger charge is 2.37. The van der Waals surface area contributed by atoms with Gasteiger partial charge in [0.15, 0.2) is 0 Å². The van der Waals surface area contributed by atoms with E-state index in [1.807, 2.05) is 0 Å². The Hall–Kier alpha value is -2.34. The van der Waals surface area contributed by atoms with Crippen molar-refractivity contribution in [1.82, 2.24) is 0 Å². The highest BCUT2D eigenvalue weighted by molar-refractivity contribution is 5.37. The third kappa shape index (κ3) is 6.11. The van der Waals surface area contributed by atoms with Gasteiger partial charge < -0.3 is 0 Å². The molecule has 0 spiro atoms. The van der Waals surface area contributed by atoms with Gasteiger partial charge in [0.2, 0.25) is 0 Å². The summed E-state index contributed by atoms with van der Waals surface area (Å²) in [6.45, 7) is 2.51. The van der Waals surface area contributed by atoms with Crippen LogP contribution in [0.2, 0.25) is 0 Å². The molecule has 3 aromatic carbocycles. The van der Waals surface area contributed by atoms with Crippen LogP contribution in [0.4, 0.5) is 0 Å². The lowest BCUT2D eigenvalue weighted by molar-refractivity contribution is 0.247. The van der Waals surface area contributed by atoms with Gasteiger partial charge in [-0.15, -0.1) is 0 Å².